The maximum absolute atomic E-state index is 12.5. The summed E-state index contributed by atoms with van der Waals surface area (Å²) in [6, 6.07) is 5.41. The topological polar surface area (TPSA) is 49.8 Å². The highest BCUT2D eigenvalue weighted by Gasteiger charge is 2.27. The summed E-state index contributed by atoms with van der Waals surface area (Å²) in [7, 11) is 1.59. The molecule has 1 fully saturated rings. The Balaban J connectivity index is 2.09. The van der Waals surface area contributed by atoms with Gasteiger partial charge in [-0.25, -0.2) is 0 Å². The summed E-state index contributed by atoms with van der Waals surface area (Å²) in [4.78, 5) is 14.4. The van der Waals surface area contributed by atoms with Crippen molar-refractivity contribution in [1.29, 1.82) is 0 Å². The van der Waals surface area contributed by atoms with Crippen molar-refractivity contribution in [3.63, 3.8) is 0 Å². The van der Waals surface area contributed by atoms with Crippen LogP contribution in [0.5, 0.6) is 5.75 Å². The van der Waals surface area contributed by atoms with Gasteiger partial charge in [-0.1, -0.05) is 0 Å². The number of nitrogens with zero attached hydrogens (tertiary/aromatic N) is 1. The number of amides is 1. The quantitative estimate of drug-likeness (QED) is 0.919. The number of halogens is 1. The van der Waals surface area contributed by atoms with E-state index in [9.17, 15) is 9.90 Å². The van der Waals surface area contributed by atoms with Gasteiger partial charge < -0.3 is 14.7 Å². The molecule has 0 saturated carbocycles. The minimum absolute atomic E-state index is 0.0137. The number of likely N-dealkylation sites (tertiary alicyclic amines) is 1. The van der Waals surface area contributed by atoms with Crippen molar-refractivity contribution in [3.8, 4) is 5.75 Å². The zero-order valence-corrected chi connectivity index (χ0v) is 13.4. The lowest BCUT2D eigenvalue weighted by atomic mass is 9.92. The fraction of sp³-hybridized carbons (Fsp3) is 0.533. The number of methoxy groups -OCH3 is 1. The molecule has 1 atom stereocenters. The van der Waals surface area contributed by atoms with Crippen molar-refractivity contribution in [2.24, 2.45) is 5.92 Å². The first-order chi connectivity index (χ1) is 9.52. The average molecular weight is 342 g/mol. The molecule has 5 heteroatoms. The second-order valence-corrected chi connectivity index (χ2v) is 6.07. The zero-order valence-electron chi connectivity index (χ0n) is 11.8. The van der Waals surface area contributed by atoms with Gasteiger partial charge in [0.25, 0.3) is 5.91 Å². The maximum Gasteiger partial charge on any atom is 0.255 e. The van der Waals surface area contributed by atoms with Crippen molar-refractivity contribution in [3.05, 3.63) is 28.2 Å². The fourth-order valence-corrected chi connectivity index (χ4v) is 2.97. The van der Waals surface area contributed by atoms with Gasteiger partial charge in [0.2, 0.25) is 0 Å². The highest BCUT2D eigenvalue weighted by molar-refractivity contribution is 9.10. The van der Waals surface area contributed by atoms with Crippen molar-refractivity contribution in [1.82, 2.24) is 4.90 Å². The summed E-state index contributed by atoms with van der Waals surface area (Å²) in [5.41, 5.74) is 0.625. The number of piperidine rings is 1. The van der Waals surface area contributed by atoms with Crippen LogP contribution in [0.2, 0.25) is 0 Å². The van der Waals surface area contributed by atoms with E-state index in [-0.39, 0.29) is 12.0 Å². The van der Waals surface area contributed by atoms with E-state index in [0.717, 1.165) is 17.3 Å². The number of benzene rings is 1. The SMILES string of the molecule is COc1ccc(Br)c(C(=O)N2CCC(C(C)O)CC2)c1. The van der Waals surface area contributed by atoms with E-state index in [4.69, 9.17) is 4.74 Å². The van der Waals surface area contributed by atoms with Crippen LogP contribution in [0.25, 0.3) is 0 Å². The molecule has 0 aliphatic carbocycles. The lowest BCUT2D eigenvalue weighted by Crippen LogP contribution is -2.40. The van der Waals surface area contributed by atoms with Crippen molar-refractivity contribution in [2.45, 2.75) is 25.9 Å². The Labute approximate surface area is 127 Å². The minimum atomic E-state index is -0.296. The van der Waals surface area contributed by atoms with Gasteiger partial charge in [0, 0.05) is 17.6 Å². The van der Waals surface area contributed by atoms with Crippen molar-refractivity contribution >= 4 is 21.8 Å². The first kappa shape index (κ1) is 15.3. The highest BCUT2D eigenvalue weighted by Crippen LogP contribution is 2.26. The van der Waals surface area contributed by atoms with Crippen molar-refractivity contribution < 1.29 is 14.6 Å². The van der Waals surface area contributed by atoms with E-state index in [1.165, 1.54) is 0 Å². The Hall–Kier alpha value is -1.07. The average Bonchev–Trinajstić information content (AvgIpc) is 2.47. The Morgan fingerprint density at radius 1 is 1.45 bits per heavy atom. The number of ether oxygens (including phenoxy) is 1. The van der Waals surface area contributed by atoms with E-state index in [1.54, 1.807) is 13.2 Å². The van der Waals surface area contributed by atoms with Crippen LogP contribution in [0.1, 0.15) is 30.1 Å². The second kappa shape index (κ2) is 6.59. The Bertz CT molecular complexity index is 482. The largest absolute Gasteiger partial charge is 0.497 e. The van der Waals surface area contributed by atoms with Gasteiger partial charge in [0.15, 0.2) is 0 Å². The van der Waals surface area contributed by atoms with Gasteiger partial charge in [-0.05, 0) is 59.8 Å². The van der Waals surface area contributed by atoms with Crippen LogP contribution >= 0.6 is 15.9 Å². The molecule has 1 aliphatic rings. The molecular weight excluding hydrogens is 322 g/mol. The summed E-state index contributed by atoms with van der Waals surface area (Å²) >= 11 is 3.42. The highest BCUT2D eigenvalue weighted by atomic mass is 79.9. The molecule has 1 N–H and O–H groups in total. The number of carbonyl (C=O) groups is 1. The molecule has 20 heavy (non-hydrogen) atoms. The monoisotopic (exact) mass is 341 g/mol. The first-order valence-corrected chi connectivity index (χ1v) is 7.63. The lowest BCUT2D eigenvalue weighted by molar-refractivity contribution is 0.0520. The van der Waals surface area contributed by atoms with Gasteiger partial charge in [0.05, 0.1) is 18.8 Å². The number of rotatable bonds is 3. The van der Waals surface area contributed by atoms with Gasteiger partial charge in [-0.2, -0.15) is 0 Å². The Kier molecular flexibility index (Phi) is 5.05. The number of hydrogen-bond donors (Lipinski definition) is 1. The Morgan fingerprint density at radius 2 is 2.10 bits per heavy atom. The first-order valence-electron chi connectivity index (χ1n) is 6.83. The van der Waals surface area contributed by atoms with E-state index >= 15 is 0 Å². The molecule has 0 radical (unpaired) electrons. The number of hydrogen-bond acceptors (Lipinski definition) is 3. The molecular formula is C15H20BrNO3. The third kappa shape index (κ3) is 3.33. The molecule has 1 aromatic rings. The molecule has 1 unspecified atom stereocenters. The summed E-state index contributed by atoms with van der Waals surface area (Å²) in [5.74, 6) is 0.989. The molecule has 0 bridgehead atoms. The molecule has 0 aromatic heterocycles. The van der Waals surface area contributed by atoms with Crippen LogP contribution in [0.3, 0.4) is 0 Å². The molecule has 1 amide bonds. The van der Waals surface area contributed by atoms with Crippen LogP contribution in [-0.4, -0.2) is 42.2 Å². The third-order valence-corrected chi connectivity index (χ3v) is 4.60. The predicted octanol–water partition coefficient (Wildman–Crippen LogP) is 2.69. The molecule has 1 aromatic carbocycles. The summed E-state index contributed by atoms with van der Waals surface area (Å²) < 4.78 is 5.95. The standard InChI is InChI=1S/C15H20BrNO3/c1-10(18)11-5-7-17(8-6-11)15(19)13-9-12(20-2)3-4-14(13)16/h3-4,9-11,18H,5-8H2,1-2H3. The van der Waals surface area contributed by atoms with Gasteiger partial charge >= 0.3 is 0 Å². The summed E-state index contributed by atoms with van der Waals surface area (Å²) in [6.45, 7) is 3.21. The van der Waals surface area contributed by atoms with Crippen LogP contribution in [0.15, 0.2) is 22.7 Å². The molecule has 1 heterocycles. The van der Waals surface area contributed by atoms with Crippen LogP contribution in [0.4, 0.5) is 0 Å². The van der Waals surface area contributed by atoms with E-state index in [1.807, 2.05) is 24.0 Å². The molecule has 1 saturated heterocycles. The van der Waals surface area contributed by atoms with Gasteiger partial charge in [0.1, 0.15) is 5.75 Å². The van der Waals surface area contributed by atoms with E-state index < -0.39 is 0 Å². The molecule has 0 spiro atoms. The lowest BCUT2D eigenvalue weighted by Gasteiger charge is -2.33. The zero-order chi connectivity index (χ0) is 14.7. The van der Waals surface area contributed by atoms with Crippen LogP contribution in [0, 0.1) is 5.92 Å². The number of carbonyl (C=O) groups excluding carboxylic acids is 1. The predicted molar refractivity (Wildman–Crippen MR) is 81.0 cm³/mol. The minimum Gasteiger partial charge on any atom is -0.497 e. The second-order valence-electron chi connectivity index (χ2n) is 5.22. The summed E-state index contributed by atoms with van der Waals surface area (Å²) in [5, 5.41) is 9.60. The Morgan fingerprint density at radius 3 is 2.65 bits per heavy atom. The maximum atomic E-state index is 12.5. The van der Waals surface area contributed by atoms with Crippen molar-refractivity contribution in [2.75, 3.05) is 20.2 Å². The molecule has 110 valence electrons. The third-order valence-electron chi connectivity index (χ3n) is 3.91. The van der Waals surface area contributed by atoms with E-state index in [2.05, 4.69) is 15.9 Å². The van der Waals surface area contributed by atoms with Gasteiger partial charge in [-0.3, -0.25) is 4.79 Å². The van der Waals surface area contributed by atoms with Crippen LogP contribution in [-0.2, 0) is 0 Å². The molecule has 1 aliphatic heterocycles. The summed E-state index contributed by atoms with van der Waals surface area (Å²) in [6.07, 6.45) is 1.41. The van der Waals surface area contributed by atoms with E-state index in [0.29, 0.717) is 30.3 Å². The number of aliphatic hydroxyl groups is 1. The molecule has 2 rings (SSSR count). The number of aliphatic hydroxyl groups excluding tert-OH is 1. The fourth-order valence-electron chi connectivity index (χ4n) is 2.55. The normalized spacial score (nSPS) is 17.9. The van der Waals surface area contributed by atoms with Gasteiger partial charge in [-0.15, -0.1) is 0 Å². The smallest absolute Gasteiger partial charge is 0.255 e. The van der Waals surface area contributed by atoms with Crippen LogP contribution < -0.4 is 4.74 Å². The molecule has 4 nitrogen and oxygen atoms in total.